The quantitative estimate of drug-likeness (QED) is 0.392. The average Bonchev–Trinajstić information content (AvgIpc) is 3.04. The zero-order valence-corrected chi connectivity index (χ0v) is 15.8. The summed E-state index contributed by atoms with van der Waals surface area (Å²) in [6.07, 6.45) is 2.66. The van der Waals surface area contributed by atoms with Gasteiger partial charge in [-0.05, 0) is 36.6 Å². The summed E-state index contributed by atoms with van der Waals surface area (Å²) >= 11 is 1.42. The Morgan fingerprint density at radius 3 is 2.69 bits per heavy atom. The van der Waals surface area contributed by atoms with E-state index in [0.29, 0.717) is 0 Å². The number of hydrazone groups is 1. The molecule has 3 aromatic rings. The fraction of sp³-hybridized carbons (Fsp3) is 0.250. The largest absolute Gasteiger partial charge is 0.319 e. The Bertz CT molecular complexity index is 915. The summed E-state index contributed by atoms with van der Waals surface area (Å²) in [6, 6.07) is 16.1. The van der Waals surface area contributed by atoms with E-state index >= 15 is 0 Å². The topological polar surface area (TPSA) is 59.3 Å². The number of fused-ring (bicyclic) bond motifs is 1. The van der Waals surface area contributed by atoms with Gasteiger partial charge in [-0.15, -0.1) is 0 Å². The summed E-state index contributed by atoms with van der Waals surface area (Å²) in [7, 11) is 0. The van der Waals surface area contributed by atoms with Crippen LogP contribution in [0.15, 0.2) is 58.8 Å². The maximum atomic E-state index is 12.0. The fourth-order valence-corrected chi connectivity index (χ4v) is 3.52. The van der Waals surface area contributed by atoms with Gasteiger partial charge in [0.2, 0.25) is 0 Å². The number of nitrogens with one attached hydrogen (secondary N) is 1. The van der Waals surface area contributed by atoms with Crippen molar-refractivity contribution in [2.75, 3.05) is 5.75 Å². The van der Waals surface area contributed by atoms with Crippen molar-refractivity contribution in [3.63, 3.8) is 0 Å². The molecule has 0 aliphatic heterocycles. The van der Waals surface area contributed by atoms with Gasteiger partial charge in [0.05, 0.1) is 23.0 Å². The molecule has 0 bridgehead atoms. The van der Waals surface area contributed by atoms with E-state index in [-0.39, 0.29) is 11.7 Å². The highest BCUT2D eigenvalue weighted by molar-refractivity contribution is 7.99. The number of rotatable bonds is 7. The molecular weight excluding hydrogens is 344 g/mol. The third kappa shape index (κ3) is 4.32. The van der Waals surface area contributed by atoms with E-state index in [2.05, 4.69) is 46.1 Å². The molecule has 5 nitrogen and oxygen atoms in total. The first-order valence-electron chi connectivity index (χ1n) is 8.70. The van der Waals surface area contributed by atoms with Crippen LogP contribution in [0.4, 0.5) is 0 Å². The highest BCUT2D eigenvalue weighted by Gasteiger charge is 2.11. The van der Waals surface area contributed by atoms with Gasteiger partial charge < -0.3 is 4.57 Å². The predicted molar refractivity (Wildman–Crippen MR) is 108 cm³/mol. The van der Waals surface area contributed by atoms with E-state index in [9.17, 15) is 4.79 Å². The van der Waals surface area contributed by atoms with Crippen LogP contribution in [-0.4, -0.2) is 27.4 Å². The van der Waals surface area contributed by atoms with Gasteiger partial charge in [-0.2, -0.15) is 5.10 Å². The Balaban J connectivity index is 1.56. The number of amides is 1. The number of thioether (sulfide) groups is 1. The third-order valence-electron chi connectivity index (χ3n) is 4.06. The second-order valence-electron chi connectivity index (χ2n) is 5.80. The molecule has 0 spiro atoms. The van der Waals surface area contributed by atoms with Crippen LogP contribution in [0.2, 0.25) is 0 Å². The average molecular weight is 366 g/mol. The molecule has 0 aliphatic rings. The summed E-state index contributed by atoms with van der Waals surface area (Å²) in [6.45, 7) is 5.01. The number of aryl methyl sites for hydroxylation is 2. The van der Waals surface area contributed by atoms with E-state index in [4.69, 9.17) is 0 Å². The summed E-state index contributed by atoms with van der Waals surface area (Å²) in [4.78, 5) is 16.6. The lowest BCUT2D eigenvalue weighted by molar-refractivity contribution is -0.118. The van der Waals surface area contributed by atoms with E-state index < -0.39 is 0 Å². The molecule has 1 N–H and O–H groups in total. The molecule has 0 fully saturated rings. The van der Waals surface area contributed by atoms with Crippen LogP contribution in [0.3, 0.4) is 0 Å². The highest BCUT2D eigenvalue weighted by Crippen LogP contribution is 2.23. The van der Waals surface area contributed by atoms with Crippen molar-refractivity contribution in [3.8, 4) is 0 Å². The molecule has 134 valence electrons. The summed E-state index contributed by atoms with van der Waals surface area (Å²) in [5, 5.41) is 4.88. The summed E-state index contributed by atoms with van der Waals surface area (Å²) in [5.41, 5.74) is 6.85. The Kier molecular flexibility index (Phi) is 6.07. The van der Waals surface area contributed by atoms with Crippen molar-refractivity contribution in [2.24, 2.45) is 5.10 Å². The number of hydrogen-bond donors (Lipinski definition) is 1. The smallest absolute Gasteiger partial charge is 0.250 e. The van der Waals surface area contributed by atoms with Crippen LogP contribution in [0, 0.1) is 0 Å². The van der Waals surface area contributed by atoms with Crippen LogP contribution in [0.25, 0.3) is 11.0 Å². The van der Waals surface area contributed by atoms with E-state index in [1.165, 1.54) is 17.3 Å². The molecule has 26 heavy (non-hydrogen) atoms. The van der Waals surface area contributed by atoms with Crippen molar-refractivity contribution in [1.29, 1.82) is 0 Å². The second-order valence-corrected chi connectivity index (χ2v) is 6.75. The number of nitrogens with zero attached hydrogens (tertiary/aromatic N) is 3. The van der Waals surface area contributed by atoms with Crippen LogP contribution in [-0.2, 0) is 17.8 Å². The number of benzene rings is 2. The van der Waals surface area contributed by atoms with Gasteiger partial charge in [-0.3, -0.25) is 4.79 Å². The molecule has 0 saturated heterocycles. The molecule has 0 saturated carbocycles. The first-order valence-corrected chi connectivity index (χ1v) is 9.68. The Hall–Kier alpha value is -2.60. The monoisotopic (exact) mass is 366 g/mol. The molecule has 1 heterocycles. The Morgan fingerprint density at radius 1 is 1.19 bits per heavy atom. The van der Waals surface area contributed by atoms with E-state index in [1.54, 1.807) is 6.21 Å². The molecule has 0 radical (unpaired) electrons. The maximum absolute atomic E-state index is 12.0. The standard InChI is InChI=1S/C20H22N4OS/c1-3-15-9-11-16(12-10-15)13-21-23-19(25)14-26-20-22-17-7-5-6-8-18(17)24(20)4-2/h5-13H,3-4,14H2,1-2H3,(H,23,25)/b21-13-. The van der Waals surface area contributed by atoms with Gasteiger partial charge in [-0.1, -0.05) is 55.1 Å². The van der Waals surface area contributed by atoms with Gasteiger partial charge in [0.25, 0.3) is 5.91 Å². The van der Waals surface area contributed by atoms with Crippen LogP contribution in [0.5, 0.6) is 0 Å². The number of carbonyl (C=O) groups excluding carboxylic acids is 1. The van der Waals surface area contributed by atoms with Crippen LogP contribution < -0.4 is 5.43 Å². The fourth-order valence-electron chi connectivity index (χ4n) is 2.65. The number of para-hydroxylation sites is 2. The molecule has 0 aliphatic carbocycles. The third-order valence-corrected chi connectivity index (χ3v) is 5.04. The van der Waals surface area contributed by atoms with Crippen molar-refractivity contribution in [1.82, 2.24) is 15.0 Å². The molecule has 1 aromatic heterocycles. The minimum atomic E-state index is -0.147. The zero-order valence-electron chi connectivity index (χ0n) is 15.0. The van der Waals surface area contributed by atoms with Crippen molar-refractivity contribution < 1.29 is 4.79 Å². The molecular formula is C20H22N4OS. The van der Waals surface area contributed by atoms with Gasteiger partial charge in [0.15, 0.2) is 5.16 Å². The maximum Gasteiger partial charge on any atom is 0.250 e. The Labute approximate surface area is 157 Å². The minimum absolute atomic E-state index is 0.147. The number of imidazole rings is 1. The summed E-state index contributed by atoms with van der Waals surface area (Å²) in [5.74, 6) is 0.126. The highest BCUT2D eigenvalue weighted by atomic mass is 32.2. The van der Waals surface area contributed by atoms with E-state index in [0.717, 1.165) is 34.7 Å². The molecule has 0 atom stereocenters. The van der Waals surface area contributed by atoms with Gasteiger partial charge in [0, 0.05) is 6.54 Å². The first kappa shape index (κ1) is 18.2. The predicted octanol–water partition coefficient (Wildman–Crippen LogP) is 3.86. The molecule has 3 rings (SSSR count). The first-order chi connectivity index (χ1) is 12.7. The van der Waals surface area contributed by atoms with Crippen LogP contribution in [0.1, 0.15) is 25.0 Å². The minimum Gasteiger partial charge on any atom is -0.319 e. The zero-order chi connectivity index (χ0) is 18.4. The number of carbonyl (C=O) groups is 1. The molecule has 0 unspecified atom stereocenters. The van der Waals surface area contributed by atoms with Crippen molar-refractivity contribution in [3.05, 3.63) is 59.7 Å². The van der Waals surface area contributed by atoms with Gasteiger partial charge >= 0.3 is 0 Å². The van der Waals surface area contributed by atoms with Crippen LogP contribution >= 0.6 is 11.8 Å². The second kappa shape index (κ2) is 8.67. The molecule has 1 amide bonds. The van der Waals surface area contributed by atoms with Gasteiger partial charge in [-0.25, -0.2) is 10.4 Å². The van der Waals surface area contributed by atoms with Gasteiger partial charge in [0.1, 0.15) is 0 Å². The lowest BCUT2D eigenvalue weighted by Gasteiger charge is -2.04. The lowest BCUT2D eigenvalue weighted by Crippen LogP contribution is -2.20. The SMILES string of the molecule is CCc1ccc(/C=N\NC(=O)CSc2nc3ccccc3n2CC)cc1. The van der Waals surface area contributed by atoms with Crippen molar-refractivity contribution >= 4 is 34.9 Å². The van der Waals surface area contributed by atoms with Crippen molar-refractivity contribution in [2.45, 2.75) is 32.0 Å². The normalized spacial score (nSPS) is 11.3. The lowest BCUT2D eigenvalue weighted by atomic mass is 10.1. The Morgan fingerprint density at radius 2 is 1.96 bits per heavy atom. The number of aromatic nitrogens is 2. The summed E-state index contributed by atoms with van der Waals surface area (Å²) < 4.78 is 2.12. The molecule has 6 heteroatoms. The number of hydrogen-bond acceptors (Lipinski definition) is 4. The van der Waals surface area contributed by atoms with E-state index in [1.807, 2.05) is 36.4 Å². The molecule has 2 aromatic carbocycles.